The van der Waals surface area contributed by atoms with Crippen LogP contribution in [0.2, 0.25) is 0 Å². The van der Waals surface area contributed by atoms with E-state index in [1.165, 1.54) is 0 Å². The zero-order chi connectivity index (χ0) is 11.3. The number of rotatable bonds is 5. The van der Waals surface area contributed by atoms with Gasteiger partial charge < -0.3 is 10.2 Å². The molecule has 0 fully saturated rings. The Labute approximate surface area is 104 Å². The highest BCUT2D eigenvalue weighted by molar-refractivity contribution is 14.1. The van der Waals surface area contributed by atoms with Crippen molar-refractivity contribution in [1.29, 1.82) is 0 Å². The first-order chi connectivity index (χ1) is 7.15. The summed E-state index contributed by atoms with van der Waals surface area (Å²) in [4.78, 5) is 0. The second-order valence-corrected chi connectivity index (χ2v) is 4.96. The third kappa shape index (κ3) is 4.09. The molecule has 0 heterocycles. The van der Waals surface area contributed by atoms with Crippen LogP contribution in [0.15, 0.2) is 24.3 Å². The summed E-state index contributed by atoms with van der Waals surface area (Å²) < 4.78 is 1.08. The molecule has 0 saturated carbocycles. The Hall–Kier alpha value is -0.130. The average Bonchev–Trinajstić information content (AvgIpc) is 2.24. The van der Waals surface area contributed by atoms with Gasteiger partial charge in [-0.15, -0.1) is 0 Å². The standard InChI is InChI=1S/C12H17IO2/c1-2-3-7-11(14)12(15)9-5-4-6-10(13)8-9/h4-6,8,11-12,14-15H,2-3,7H2,1H3/t11?,12-/m0/s1. The second kappa shape index (κ2) is 6.45. The minimum Gasteiger partial charge on any atom is -0.390 e. The van der Waals surface area contributed by atoms with Gasteiger partial charge in [0.05, 0.1) is 6.10 Å². The van der Waals surface area contributed by atoms with Gasteiger partial charge in [0.25, 0.3) is 0 Å². The quantitative estimate of drug-likeness (QED) is 0.819. The smallest absolute Gasteiger partial charge is 0.105 e. The summed E-state index contributed by atoms with van der Waals surface area (Å²) in [5.41, 5.74) is 0.797. The molecule has 0 saturated heterocycles. The molecule has 1 unspecified atom stereocenters. The van der Waals surface area contributed by atoms with Crippen molar-refractivity contribution in [1.82, 2.24) is 0 Å². The monoisotopic (exact) mass is 320 g/mol. The van der Waals surface area contributed by atoms with E-state index in [1.807, 2.05) is 24.3 Å². The van der Waals surface area contributed by atoms with Gasteiger partial charge in [0.15, 0.2) is 0 Å². The van der Waals surface area contributed by atoms with E-state index in [0.29, 0.717) is 6.42 Å². The Morgan fingerprint density at radius 3 is 2.67 bits per heavy atom. The number of aliphatic hydroxyl groups is 2. The Bertz CT molecular complexity index is 301. The lowest BCUT2D eigenvalue weighted by atomic mass is 10.0. The number of unbranched alkanes of at least 4 members (excludes halogenated alkanes) is 1. The number of benzene rings is 1. The SMILES string of the molecule is CCCCC(O)[C@@H](O)c1cccc(I)c1. The van der Waals surface area contributed by atoms with E-state index < -0.39 is 12.2 Å². The highest BCUT2D eigenvalue weighted by Gasteiger charge is 2.17. The van der Waals surface area contributed by atoms with E-state index in [4.69, 9.17) is 0 Å². The van der Waals surface area contributed by atoms with Crippen LogP contribution in [0.1, 0.15) is 37.9 Å². The molecule has 0 aromatic heterocycles. The third-order valence-corrected chi connectivity index (χ3v) is 3.08. The highest BCUT2D eigenvalue weighted by Crippen LogP contribution is 2.21. The lowest BCUT2D eigenvalue weighted by Crippen LogP contribution is -2.18. The fourth-order valence-corrected chi connectivity index (χ4v) is 2.05. The number of hydrogen-bond donors (Lipinski definition) is 2. The van der Waals surface area contributed by atoms with Gasteiger partial charge >= 0.3 is 0 Å². The molecule has 2 N–H and O–H groups in total. The van der Waals surface area contributed by atoms with E-state index >= 15 is 0 Å². The zero-order valence-electron chi connectivity index (χ0n) is 8.86. The Kier molecular flexibility index (Phi) is 5.56. The first-order valence-electron chi connectivity index (χ1n) is 5.26. The first kappa shape index (κ1) is 12.9. The molecule has 3 heteroatoms. The molecule has 1 aromatic carbocycles. The van der Waals surface area contributed by atoms with Gasteiger partial charge in [0, 0.05) is 3.57 Å². The maximum Gasteiger partial charge on any atom is 0.105 e. The topological polar surface area (TPSA) is 40.5 Å². The normalized spacial score (nSPS) is 14.9. The van der Waals surface area contributed by atoms with E-state index in [0.717, 1.165) is 22.0 Å². The van der Waals surface area contributed by atoms with Crippen LogP contribution < -0.4 is 0 Å². The molecule has 0 aliphatic heterocycles. The number of aliphatic hydroxyl groups excluding tert-OH is 2. The summed E-state index contributed by atoms with van der Waals surface area (Å²) in [5.74, 6) is 0. The number of hydrogen-bond acceptors (Lipinski definition) is 2. The van der Waals surface area contributed by atoms with Crippen LogP contribution in [0, 0.1) is 3.57 Å². The predicted octanol–water partition coefficient (Wildman–Crippen LogP) is 2.88. The number of halogens is 1. The lowest BCUT2D eigenvalue weighted by molar-refractivity contribution is 0.0122. The summed E-state index contributed by atoms with van der Waals surface area (Å²) in [6, 6.07) is 7.62. The van der Waals surface area contributed by atoms with Crippen molar-refractivity contribution in [2.75, 3.05) is 0 Å². The molecule has 0 spiro atoms. The largest absolute Gasteiger partial charge is 0.390 e. The average molecular weight is 320 g/mol. The zero-order valence-corrected chi connectivity index (χ0v) is 11.0. The summed E-state index contributed by atoms with van der Waals surface area (Å²) in [6.07, 6.45) is 1.23. The van der Waals surface area contributed by atoms with Crippen LogP contribution in [0.3, 0.4) is 0 Å². The Morgan fingerprint density at radius 1 is 1.33 bits per heavy atom. The molecule has 0 radical (unpaired) electrons. The summed E-state index contributed by atoms with van der Waals surface area (Å²) >= 11 is 2.20. The molecule has 0 bridgehead atoms. The van der Waals surface area contributed by atoms with Crippen LogP contribution in [0.25, 0.3) is 0 Å². The predicted molar refractivity (Wildman–Crippen MR) is 69.7 cm³/mol. The maximum absolute atomic E-state index is 9.89. The molecule has 0 amide bonds. The molecule has 0 aliphatic rings. The van der Waals surface area contributed by atoms with E-state index in [-0.39, 0.29) is 0 Å². The van der Waals surface area contributed by atoms with Gasteiger partial charge in [0.2, 0.25) is 0 Å². The first-order valence-corrected chi connectivity index (χ1v) is 6.34. The van der Waals surface area contributed by atoms with Gasteiger partial charge in [0.1, 0.15) is 6.10 Å². The van der Waals surface area contributed by atoms with Crippen molar-refractivity contribution in [3.8, 4) is 0 Å². The van der Waals surface area contributed by atoms with Crippen molar-refractivity contribution in [2.24, 2.45) is 0 Å². The Morgan fingerprint density at radius 2 is 2.07 bits per heavy atom. The third-order valence-electron chi connectivity index (χ3n) is 2.41. The van der Waals surface area contributed by atoms with Gasteiger partial charge in [-0.2, -0.15) is 0 Å². The fourth-order valence-electron chi connectivity index (χ4n) is 1.48. The van der Waals surface area contributed by atoms with Gasteiger partial charge in [-0.05, 0) is 46.7 Å². The molecule has 2 atom stereocenters. The lowest BCUT2D eigenvalue weighted by Gasteiger charge is -2.18. The molecule has 0 aliphatic carbocycles. The van der Waals surface area contributed by atoms with Crippen LogP contribution in [0.4, 0.5) is 0 Å². The molecule has 1 aromatic rings. The second-order valence-electron chi connectivity index (χ2n) is 3.71. The van der Waals surface area contributed by atoms with Crippen molar-refractivity contribution < 1.29 is 10.2 Å². The molecule has 1 rings (SSSR count). The highest BCUT2D eigenvalue weighted by atomic mass is 127. The van der Waals surface area contributed by atoms with Crippen LogP contribution in [-0.4, -0.2) is 16.3 Å². The maximum atomic E-state index is 9.89. The molecular formula is C12H17IO2. The van der Waals surface area contributed by atoms with Crippen molar-refractivity contribution in [3.05, 3.63) is 33.4 Å². The Balaban J connectivity index is 2.62. The van der Waals surface area contributed by atoms with Crippen molar-refractivity contribution in [2.45, 2.75) is 38.4 Å². The van der Waals surface area contributed by atoms with Crippen LogP contribution in [0.5, 0.6) is 0 Å². The minimum absolute atomic E-state index is 0.650. The van der Waals surface area contributed by atoms with Gasteiger partial charge in [-0.1, -0.05) is 31.9 Å². The summed E-state index contributed by atoms with van der Waals surface area (Å²) in [5, 5.41) is 19.6. The fraction of sp³-hybridized carbons (Fsp3) is 0.500. The van der Waals surface area contributed by atoms with E-state index in [1.54, 1.807) is 0 Å². The van der Waals surface area contributed by atoms with E-state index in [2.05, 4.69) is 29.5 Å². The van der Waals surface area contributed by atoms with Gasteiger partial charge in [-0.25, -0.2) is 0 Å². The van der Waals surface area contributed by atoms with E-state index in [9.17, 15) is 10.2 Å². The summed E-state index contributed by atoms with van der Waals surface area (Å²) in [7, 11) is 0. The van der Waals surface area contributed by atoms with Crippen LogP contribution in [-0.2, 0) is 0 Å². The molecule has 2 nitrogen and oxygen atoms in total. The molecule has 15 heavy (non-hydrogen) atoms. The van der Waals surface area contributed by atoms with Crippen LogP contribution >= 0.6 is 22.6 Å². The molecule has 84 valence electrons. The van der Waals surface area contributed by atoms with Gasteiger partial charge in [-0.3, -0.25) is 0 Å². The van der Waals surface area contributed by atoms with Crippen molar-refractivity contribution >= 4 is 22.6 Å². The molecular weight excluding hydrogens is 303 g/mol. The van der Waals surface area contributed by atoms with Crippen molar-refractivity contribution in [3.63, 3.8) is 0 Å². The minimum atomic E-state index is -0.758. The summed E-state index contributed by atoms with van der Waals surface area (Å²) in [6.45, 7) is 2.07.